The molecule has 106 valence electrons. The molecule has 19 heavy (non-hydrogen) atoms. The summed E-state index contributed by atoms with van der Waals surface area (Å²) in [5.74, 6) is -0.348. The van der Waals surface area contributed by atoms with Crippen LogP contribution in [0.3, 0.4) is 0 Å². The van der Waals surface area contributed by atoms with Crippen LogP contribution in [0.2, 0.25) is 0 Å². The van der Waals surface area contributed by atoms with Crippen LogP contribution in [0.5, 0.6) is 0 Å². The van der Waals surface area contributed by atoms with E-state index in [1.807, 2.05) is 0 Å². The number of carboxylic acids is 1. The molecule has 1 atom stereocenters. The number of anilines is 1. The third kappa shape index (κ3) is 4.62. The topological polar surface area (TPSA) is 109 Å². The van der Waals surface area contributed by atoms with Crippen molar-refractivity contribution in [3.05, 3.63) is 0 Å². The van der Waals surface area contributed by atoms with Gasteiger partial charge in [0, 0.05) is 6.54 Å². The second-order valence-corrected chi connectivity index (χ2v) is 8.63. The van der Waals surface area contributed by atoms with Crippen molar-refractivity contribution in [2.45, 2.75) is 10.8 Å². The number of sulfone groups is 1. The number of thioether (sulfide) groups is 1. The fourth-order valence-electron chi connectivity index (χ4n) is 1.73. The fourth-order valence-corrected chi connectivity index (χ4v) is 5.07. The summed E-state index contributed by atoms with van der Waals surface area (Å²) < 4.78 is 23.2. The number of aliphatic carboxylic acids is 1. The quantitative estimate of drug-likeness (QED) is 0.731. The van der Waals surface area contributed by atoms with Gasteiger partial charge in [-0.1, -0.05) is 23.1 Å². The maximum absolute atomic E-state index is 11.3. The van der Waals surface area contributed by atoms with Crippen LogP contribution in [-0.2, 0) is 14.6 Å². The molecule has 10 heteroatoms. The molecule has 0 bridgehead atoms. The van der Waals surface area contributed by atoms with Gasteiger partial charge in [0.1, 0.15) is 0 Å². The van der Waals surface area contributed by atoms with Crippen molar-refractivity contribution in [1.82, 2.24) is 10.2 Å². The fraction of sp³-hybridized carbons (Fsp3) is 0.667. The van der Waals surface area contributed by atoms with Gasteiger partial charge in [-0.25, -0.2) is 8.42 Å². The Hall–Kier alpha value is -0.870. The van der Waals surface area contributed by atoms with Crippen LogP contribution >= 0.6 is 23.1 Å². The molecule has 2 heterocycles. The molecule has 1 aliphatic rings. The van der Waals surface area contributed by atoms with Gasteiger partial charge in [-0.05, 0) is 12.3 Å². The number of nitrogens with one attached hydrogen (secondary N) is 1. The minimum atomic E-state index is -2.85. The molecule has 1 aromatic rings. The highest BCUT2D eigenvalue weighted by Gasteiger charge is 2.27. The summed E-state index contributed by atoms with van der Waals surface area (Å²) in [5.41, 5.74) is 0. The van der Waals surface area contributed by atoms with Crippen LogP contribution in [0.25, 0.3) is 0 Å². The van der Waals surface area contributed by atoms with E-state index in [1.54, 1.807) is 0 Å². The number of nitrogens with zero attached hydrogens (tertiary/aromatic N) is 2. The van der Waals surface area contributed by atoms with E-state index in [1.165, 1.54) is 11.3 Å². The first-order valence-corrected chi connectivity index (χ1v) is 9.19. The second-order valence-electron chi connectivity index (χ2n) is 4.21. The number of hydrogen-bond acceptors (Lipinski definition) is 8. The van der Waals surface area contributed by atoms with E-state index in [0.717, 1.165) is 11.8 Å². The van der Waals surface area contributed by atoms with Crippen LogP contribution in [0.15, 0.2) is 4.34 Å². The van der Waals surface area contributed by atoms with Crippen molar-refractivity contribution in [1.29, 1.82) is 0 Å². The lowest BCUT2D eigenvalue weighted by Gasteiger charge is -2.06. The summed E-state index contributed by atoms with van der Waals surface area (Å²) in [6.45, 7) is 0.553. The van der Waals surface area contributed by atoms with Crippen molar-refractivity contribution >= 4 is 44.0 Å². The first-order chi connectivity index (χ1) is 8.94. The molecule has 0 saturated carbocycles. The van der Waals surface area contributed by atoms with E-state index in [-0.39, 0.29) is 23.2 Å². The van der Waals surface area contributed by atoms with Crippen molar-refractivity contribution in [3.8, 4) is 0 Å². The predicted molar refractivity (Wildman–Crippen MR) is 73.5 cm³/mol. The second kappa shape index (κ2) is 6.06. The molecule has 0 aliphatic carbocycles. The Balaban J connectivity index is 1.79. The Kier molecular flexibility index (Phi) is 4.63. The van der Waals surface area contributed by atoms with Crippen LogP contribution in [0.4, 0.5) is 5.13 Å². The lowest BCUT2D eigenvalue weighted by atomic mass is 10.1. The third-order valence-corrected chi connectivity index (χ3v) is 6.43. The summed E-state index contributed by atoms with van der Waals surface area (Å²) in [7, 11) is -2.85. The number of carbonyl (C=O) groups is 1. The lowest BCUT2D eigenvalue weighted by molar-refractivity contribution is -0.133. The van der Waals surface area contributed by atoms with E-state index in [9.17, 15) is 13.2 Å². The zero-order valence-electron chi connectivity index (χ0n) is 9.90. The van der Waals surface area contributed by atoms with Crippen LogP contribution in [0.1, 0.15) is 6.42 Å². The third-order valence-electron chi connectivity index (χ3n) is 2.59. The summed E-state index contributed by atoms with van der Waals surface area (Å²) in [4.78, 5) is 10.4. The summed E-state index contributed by atoms with van der Waals surface area (Å²) in [6.07, 6.45) is 0.675. The number of hydrogen-bond donors (Lipinski definition) is 2. The average molecular weight is 323 g/mol. The Morgan fingerprint density at radius 2 is 2.32 bits per heavy atom. The molecule has 7 nitrogen and oxygen atoms in total. The van der Waals surface area contributed by atoms with E-state index < -0.39 is 15.8 Å². The largest absolute Gasteiger partial charge is 0.481 e. The maximum atomic E-state index is 11.3. The molecule has 0 amide bonds. The minimum Gasteiger partial charge on any atom is -0.481 e. The molecule has 1 aliphatic heterocycles. The van der Waals surface area contributed by atoms with Crippen molar-refractivity contribution in [3.63, 3.8) is 0 Å². The average Bonchev–Trinajstić information content (AvgIpc) is 2.90. The van der Waals surface area contributed by atoms with E-state index in [2.05, 4.69) is 15.5 Å². The molecular weight excluding hydrogens is 310 g/mol. The molecule has 0 radical (unpaired) electrons. The molecule has 2 rings (SSSR count). The first-order valence-electron chi connectivity index (χ1n) is 5.57. The van der Waals surface area contributed by atoms with Crippen molar-refractivity contribution in [2.24, 2.45) is 5.92 Å². The Bertz CT molecular complexity index is 557. The highest BCUT2D eigenvalue weighted by Crippen LogP contribution is 2.26. The van der Waals surface area contributed by atoms with Gasteiger partial charge in [-0.15, -0.1) is 10.2 Å². The summed E-state index contributed by atoms with van der Waals surface area (Å²) in [5, 5.41) is 19.9. The number of carboxylic acid groups (broad SMARTS) is 1. The molecule has 1 unspecified atom stereocenters. The first kappa shape index (κ1) is 14.5. The van der Waals surface area contributed by atoms with Gasteiger partial charge in [0.2, 0.25) is 5.13 Å². The molecule has 1 fully saturated rings. The minimum absolute atomic E-state index is 0.0461. The molecule has 0 spiro atoms. The summed E-state index contributed by atoms with van der Waals surface area (Å²) in [6, 6.07) is 0. The molecule has 1 saturated heterocycles. The standard InChI is InChI=1S/C9H13N3O4S3/c13-7(14)4-17-9-12-11-8(18-9)10-3-6-1-2-19(15,16)5-6/h6H,1-5H2,(H,10,11)(H,13,14). The van der Waals surface area contributed by atoms with Gasteiger partial charge in [0.15, 0.2) is 14.2 Å². The smallest absolute Gasteiger partial charge is 0.313 e. The van der Waals surface area contributed by atoms with E-state index >= 15 is 0 Å². The zero-order valence-corrected chi connectivity index (χ0v) is 12.4. The Labute approximate surface area is 118 Å². The summed E-state index contributed by atoms with van der Waals surface area (Å²) >= 11 is 2.39. The monoisotopic (exact) mass is 323 g/mol. The van der Waals surface area contributed by atoms with Gasteiger partial charge in [-0.2, -0.15) is 0 Å². The van der Waals surface area contributed by atoms with Gasteiger partial charge < -0.3 is 10.4 Å². The molecule has 1 aromatic heterocycles. The highest BCUT2D eigenvalue weighted by molar-refractivity contribution is 8.01. The predicted octanol–water partition coefficient (Wildman–Crippen LogP) is 0.561. The van der Waals surface area contributed by atoms with Gasteiger partial charge in [0.25, 0.3) is 0 Å². The van der Waals surface area contributed by atoms with Gasteiger partial charge in [0.05, 0.1) is 17.3 Å². The normalized spacial score (nSPS) is 21.4. The maximum Gasteiger partial charge on any atom is 0.313 e. The lowest BCUT2D eigenvalue weighted by Crippen LogP contribution is -2.15. The van der Waals surface area contributed by atoms with E-state index in [4.69, 9.17) is 5.11 Å². The Morgan fingerprint density at radius 1 is 1.53 bits per heavy atom. The van der Waals surface area contributed by atoms with Gasteiger partial charge >= 0.3 is 5.97 Å². The Morgan fingerprint density at radius 3 is 2.95 bits per heavy atom. The van der Waals surface area contributed by atoms with Crippen LogP contribution in [0, 0.1) is 5.92 Å². The van der Waals surface area contributed by atoms with Crippen LogP contribution < -0.4 is 5.32 Å². The molecule has 2 N–H and O–H groups in total. The van der Waals surface area contributed by atoms with Crippen molar-refractivity contribution < 1.29 is 18.3 Å². The van der Waals surface area contributed by atoms with Crippen LogP contribution in [-0.4, -0.2) is 53.5 Å². The molecule has 0 aromatic carbocycles. The SMILES string of the molecule is O=C(O)CSc1nnc(NCC2CCS(=O)(=O)C2)s1. The van der Waals surface area contributed by atoms with Gasteiger partial charge in [-0.3, -0.25) is 4.79 Å². The number of rotatable bonds is 6. The molecular formula is C9H13N3O4S3. The highest BCUT2D eigenvalue weighted by atomic mass is 32.2. The number of aromatic nitrogens is 2. The zero-order chi connectivity index (χ0) is 13.9. The van der Waals surface area contributed by atoms with Crippen molar-refractivity contribution in [2.75, 3.05) is 29.1 Å². The van der Waals surface area contributed by atoms with E-state index in [0.29, 0.717) is 22.4 Å².